The van der Waals surface area contributed by atoms with Crippen molar-refractivity contribution in [1.82, 2.24) is 15.2 Å². The molecule has 0 bridgehead atoms. The van der Waals surface area contributed by atoms with E-state index in [1.165, 1.54) is 6.08 Å². The maximum atomic E-state index is 5.09. The minimum absolute atomic E-state index is 0. The standard InChI is InChI=1S/C11H8N.C7H7N4O2.Ir/c1-2-6-10(7-3-1)11-8-4-5-9-12-11;1-4-8-10-6(12-4)3-7-11-9-5(2)13-7;/h1-6,8-9H;3H,1-2H3;/q2*-1;/b;6-3+;. The van der Waals surface area contributed by atoms with E-state index in [-0.39, 0.29) is 20.1 Å². The third-order valence-electron chi connectivity index (χ3n) is 2.98. The Morgan fingerprint density at radius 1 is 1.08 bits per heavy atom. The second-order valence-corrected chi connectivity index (χ2v) is 4.95. The number of hydrogen-bond donors (Lipinski definition) is 0. The number of rotatable bonds is 2. The molecule has 1 aliphatic rings. The molecule has 26 heavy (non-hydrogen) atoms. The van der Waals surface area contributed by atoms with Crippen molar-refractivity contribution in [2.24, 2.45) is 5.10 Å². The van der Waals surface area contributed by atoms with Crippen molar-refractivity contribution in [2.45, 2.75) is 13.8 Å². The largest absolute Gasteiger partial charge is 0.542 e. The third kappa shape index (κ3) is 5.61. The number of benzene rings is 1. The quantitative estimate of drug-likeness (QED) is 0.473. The van der Waals surface area contributed by atoms with Gasteiger partial charge in [0.2, 0.25) is 11.8 Å². The molecule has 0 saturated heterocycles. The molecule has 7 nitrogen and oxygen atoms in total. The number of pyridine rings is 1. The summed E-state index contributed by atoms with van der Waals surface area (Å²) in [5.74, 6) is 1.73. The first-order chi connectivity index (χ1) is 12.2. The zero-order valence-electron chi connectivity index (χ0n) is 14.1. The fraction of sp³-hybridized carbons (Fsp3) is 0.111. The van der Waals surface area contributed by atoms with Gasteiger partial charge in [0.25, 0.3) is 0 Å². The number of aryl methyl sites for hydroxylation is 1. The van der Waals surface area contributed by atoms with E-state index in [9.17, 15) is 0 Å². The van der Waals surface area contributed by atoms with Crippen molar-refractivity contribution >= 4 is 12.0 Å². The zero-order valence-corrected chi connectivity index (χ0v) is 16.5. The molecular formula is C18H15IrN5O2-2. The van der Waals surface area contributed by atoms with Crippen molar-refractivity contribution in [2.75, 3.05) is 0 Å². The summed E-state index contributed by atoms with van der Waals surface area (Å²) in [5.41, 5.74) is 5.73. The molecule has 0 atom stereocenters. The summed E-state index contributed by atoms with van der Waals surface area (Å²) in [7, 11) is 0. The van der Waals surface area contributed by atoms with Crippen LogP contribution in [0, 0.1) is 13.0 Å². The van der Waals surface area contributed by atoms with Gasteiger partial charge in [-0.05, 0) is 11.8 Å². The van der Waals surface area contributed by atoms with Crippen LogP contribution in [-0.2, 0) is 24.8 Å². The number of aromatic nitrogens is 3. The third-order valence-corrected chi connectivity index (χ3v) is 2.98. The van der Waals surface area contributed by atoms with Gasteiger partial charge in [-0.25, -0.2) is 0 Å². The van der Waals surface area contributed by atoms with Crippen LogP contribution < -0.4 is 0 Å². The molecule has 0 spiro atoms. The van der Waals surface area contributed by atoms with Crippen LogP contribution in [0.15, 0.2) is 64.1 Å². The average molecular weight is 526 g/mol. The van der Waals surface area contributed by atoms with Crippen molar-refractivity contribution in [3.63, 3.8) is 0 Å². The number of nitrogens with zero attached hydrogens (tertiary/aromatic N) is 5. The van der Waals surface area contributed by atoms with Crippen LogP contribution in [0.2, 0.25) is 0 Å². The molecule has 0 fully saturated rings. The maximum absolute atomic E-state index is 5.09. The molecule has 0 amide bonds. The maximum Gasteiger partial charge on any atom is 0.242 e. The Bertz CT molecular complexity index is 841. The Hall–Kier alpha value is -2.83. The van der Waals surface area contributed by atoms with E-state index < -0.39 is 0 Å². The van der Waals surface area contributed by atoms with Crippen molar-refractivity contribution < 1.29 is 29.3 Å². The van der Waals surface area contributed by atoms with Gasteiger partial charge in [-0.1, -0.05) is 12.1 Å². The molecule has 2 aromatic heterocycles. The molecule has 0 aliphatic carbocycles. The van der Waals surface area contributed by atoms with Crippen molar-refractivity contribution in [3.8, 4) is 11.3 Å². The van der Waals surface area contributed by atoms with E-state index >= 15 is 0 Å². The van der Waals surface area contributed by atoms with Gasteiger partial charge in [0.15, 0.2) is 5.90 Å². The van der Waals surface area contributed by atoms with Gasteiger partial charge in [0.1, 0.15) is 0 Å². The average Bonchev–Trinajstić information content (AvgIpc) is 3.25. The van der Waals surface area contributed by atoms with Crippen LogP contribution >= 0.6 is 0 Å². The molecule has 1 radical (unpaired) electrons. The minimum atomic E-state index is 0. The topological polar surface area (TPSA) is 87.5 Å². The SMILES string of the molecule is CC1=N[N-]/C(=C\c2nnc(C)o2)O1.[Ir].[c-]1ccccc1-c1ccccn1. The fourth-order valence-electron chi connectivity index (χ4n) is 1.92. The fourth-order valence-corrected chi connectivity index (χ4v) is 1.92. The van der Waals surface area contributed by atoms with E-state index in [1.807, 2.05) is 42.5 Å². The smallest absolute Gasteiger partial charge is 0.242 e. The van der Waals surface area contributed by atoms with Crippen LogP contribution in [0.25, 0.3) is 22.8 Å². The van der Waals surface area contributed by atoms with Gasteiger partial charge in [-0.3, -0.25) is 0 Å². The summed E-state index contributed by atoms with van der Waals surface area (Å²) < 4.78 is 10.2. The molecule has 0 unspecified atom stereocenters. The first-order valence-electron chi connectivity index (χ1n) is 7.54. The summed E-state index contributed by atoms with van der Waals surface area (Å²) in [6.45, 7) is 3.42. The Kier molecular flexibility index (Phi) is 7.20. The molecule has 0 N–H and O–H groups in total. The van der Waals surface area contributed by atoms with E-state index in [2.05, 4.69) is 31.8 Å². The van der Waals surface area contributed by atoms with Gasteiger partial charge in [0, 0.05) is 52.1 Å². The van der Waals surface area contributed by atoms with Gasteiger partial charge < -0.3 is 24.7 Å². The Balaban J connectivity index is 0.000000180. The summed E-state index contributed by atoms with van der Waals surface area (Å²) in [6.07, 6.45) is 3.32. The monoisotopic (exact) mass is 526 g/mol. The van der Waals surface area contributed by atoms with Crippen LogP contribution in [0.1, 0.15) is 18.7 Å². The molecule has 4 rings (SSSR count). The van der Waals surface area contributed by atoms with Crippen LogP contribution in [-0.4, -0.2) is 21.1 Å². The molecule has 0 saturated carbocycles. The Morgan fingerprint density at radius 3 is 2.50 bits per heavy atom. The second-order valence-electron chi connectivity index (χ2n) is 4.95. The normalized spacial score (nSPS) is 13.6. The van der Waals surface area contributed by atoms with Crippen molar-refractivity contribution in [3.05, 3.63) is 77.8 Å². The van der Waals surface area contributed by atoms with Gasteiger partial charge >= 0.3 is 0 Å². The Labute approximate surface area is 164 Å². The molecule has 1 aromatic carbocycles. The van der Waals surface area contributed by atoms with E-state index in [0.717, 1.165) is 11.3 Å². The van der Waals surface area contributed by atoms with Gasteiger partial charge in [-0.2, -0.15) is 0 Å². The Morgan fingerprint density at radius 2 is 1.92 bits per heavy atom. The van der Waals surface area contributed by atoms with Crippen LogP contribution in [0.3, 0.4) is 0 Å². The summed E-state index contributed by atoms with van der Waals surface area (Å²) in [6, 6.07) is 16.8. The van der Waals surface area contributed by atoms with E-state index in [0.29, 0.717) is 23.6 Å². The predicted octanol–water partition coefficient (Wildman–Crippen LogP) is 3.96. The predicted molar refractivity (Wildman–Crippen MR) is 93.1 cm³/mol. The summed E-state index contributed by atoms with van der Waals surface area (Å²) in [4.78, 5) is 4.22. The summed E-state index contributed by atoms with van der Waals surface area (Å²) in [5, 5.41) is 11.1. The zero-order chi connectivity index (χ0) is 17.5. The minimum Gasteiger partial charge on any atom is -0.542 e. The molecule has 1 aliphatic heterocycles. The van der Waals surface area contributed by atoms with E-state index in [4.69, 9.17) is 9.15 Å². The van der Waals surface area contributed by atoms with Gasteiger partial charge in [-0.15, -0.1) is 46.1 Å². The number of ether oxygens (including phenoxy) is 1. The first kappa shape index (κ1) is 19.5. The summed E-state index contributed by atoms with van der Waals surface area (Å²) >= 11 is 0. The molecular weight excluding hydrogens is 510 g/mol. The van der Waals surface area contributed by atoms with Gasteiger partial charge in [0.05, 0.1) is 0 Å². The molecule has 3 aromatic rings. The molecule has 3 heterocycles. The second kappa shape index (κ2) is 9.60. The van der Waals surface area contributed by atoms with Crippen LogP contribution in [0.4, 0.5) is 0 Å². The molecule has 135 valence electrons. The van der Waals surface area contributed by atoms with E-state index in [1.54, 1.807) is 20.0 Å². The van der Waals surface area contributed by atoms with Crippen LogP contribution in [0.5, 0.6) is 0 Å². The number of hydrogen-bond acceptors (Lipinski definition) is 6. The van der Waals surface area contributed by atoms with Crippen molar-refractivity contribution in [1.29, 1.82) is 0 Å². The first-order valence-corrected chi connectivity index (χ1v) is 7.54. The molecule has 8 heteroatoms.